The van der Waals surface area contributed by atoms with Crippen molar-refractivity contribution in [2.75, 3.05) is 25.0 Å². The van der Waals surface area contributed by atoms with Gasteiger partial charge in [-0.3, -0.25) is 0 Å². The molecule has 40 heavy (non-hydrogen) atoms. The number of anilines is 1. The van der Waals surface area contributed by atoms with Gasteiger partial charge in [-0.15, -0.1) is 0 Å². The van der Waals surface area contributed by atoms with E-state index in [9.17, 15) is 21.6 Å². The highest BCUT2D eigenvalue weighted by atomic mass is 32.2. The molecule has 14 heteroatoms. The Morgan fingerprint density at radius 2 is 1.70 bits per heavy atom. The van der Waals surface area contributed by atoms with Gasteiger partial charge >= 0.3 is 6.09 Å². The molecule has 1 aromatic carbocycles. The Morgan fingerprint density at radius 3 is 2.33 bits per heavy atom. The zero-order valence-electron chi connectivity index (χ0n) is 23.1. The van der Waals surface area contributed by atoms with E-state index >= 15 is 0 Å². The van der Waals surface area contributed by atoms with E-state index in [0.29, 0.717) is 24.0 Å². The van der Waals surface area contributed by atoms with Gasteiger partial charge in [-0.2, -0.15) is 0 Å². The molecule has 2 aliphatic rings. The van der Waals surface area contributed by atoms with E-state index in [1.165, 1.54) is 17.4 Å². The van der Waals surface area contributed by atoms with E-state index in [-0.39, 0.29) is 35.7 Å². The summed E-state index contributed by atoms with van der Waals surface area (Å²) in [4.78, 5) is 24.3. The van der Waals surface area contributed by atoms with Gasteiger partial charge in [0, 0.05) is 38.4 Å². The maximum absolute atomic E-state index is 13.3. The fourth-order valence-electron chi connectivity index (χ4n) is 4.83. The number of carbonyl (C=O) groups excluding carboxylic acids is 1. The van der Waals surface area contributed by atoms with Crippen LogP contribution in [-0.4, -0.2) is 84.8 Å². The Balaban J connectivity index is 1.22. The molecule has 2 fully saturated rings. The quantitative estimate of drug-likeness (QED) is 0.439. The summed E-state index contributed by atoms with van der Waals surface area (Å²) < 4.78 is 61.5. The number of nitrogens with zero attached hydrogens (tertiary/aromatic N) is 5. The molecule has 0 bridgehead atoms. The molecular formula is C26H34N6O6S2. The number of carbonyl (C=O) groups is 1. The summed E-state index contributed by atoms with van der Waals surface area (Å²) in [6.07, 6.45) is 3.42. The SMILES string of the molecule is Cc1ccc(S(=O)(=O)n2ccc3c(N(C)[C@H]4C[C@@H](NS(=O)(=O)C5CN(C(=O)OC(C)(C)C)C5)C4)ncnc32)cc1. The van der Waals surface area contributed by atoms with Crippen molar-refractivity contribution in [3.8, 4) is 0 Å². The maximum Gasteiger partial charge on any atom is 0.410 e. The second-order valence-corrected chi connectivity index (χ2v) is 15.3. The van der Waals surface area contributed by atoms with Gasteiger partial charge in [0.15, 0.2) is 5.65 Å². The Labute approximate surface area is 234 Å². The minimum atomic E-state index is -3.85. The molecule has 1 saturated carbocycles. The smallest absolute Gasteiger partial charge is 0.410 e. The molecule has 0 spiro atoms. The number of rotatable bonds is 7. The number of ether oxygens (including phenoxy) is 1. The number of sulfonamides is 1. The van der Waals surface area contributed by atoms with Crippen LogP contribution in [0, 0.1) is 6.92 Å². The minimum Gasteiger partial charge on any atom is -0.444 e. The Kier molecular flexibility index (Phi) is 7.07. The number of hydrogen-bond donors (Lipinski definition) is 1. The first kappa shape index (κ1) is 28.3. The summed E-state index contributed by atoms with van der Waals surface area (Å²) in [6, 6.07) is 8.07. The van der Waals surface area contributed by atoms with Crippen LogP contribution in [0.15, 0.2) is 47.8 Å². The molecule has 216 valence electrons. The molecule has 1 aliphatic carbocycles. The van der Waals surface area contributed by atoms with Gasteiger partial charge in [0.25, 0.3) is 10.0 Å². The van der Waals surface area contributed by atoms with Crippen molar-refractivity contribution < 1.29 is 26.4 Å². The molecule has 12 nitrogen and oxygen atoms in total. The second-order valence-electron chi connectivity index (χ2n) is 11.5. The number of benzene rings is 1. The van der Waals surface area contributed by atoms with E-state index in [4.69, 9.17) is 4.74 Å². The van der Waals surface area contributed by atoms with Gasteiger partial charge in [0.05, 0.1) is 10.3 Å². The third kappa shape index (κ3) is 5.39. The van der Waals surface area contributed by atoms with Crippen LogP contribution in [0.25, 0.3) is 11.0 Å². The monoisotopic (exact) mass is 590 g/mol. The van der Waals surface area contributed by atoms with Crippen LogP contribution in [0.2, 0.25) is 0 Å². The van der Waals surface area contributed by atoms with Gasteiger partial charge in [-0.1, -0.05) is 17.7 Å². The Bertz CT molecular complexity index is 1630. The first-order valence-corrected chi connectivity index (χ1v) is 16.0. The van der Waals surface area contributed by atoms with E-state index in [2.05, 4.69) is 14.7 Å². The lowest BCUT2D eigenvalue weighted by molar-refractivity contribution is 0.0138. The number of aromatic nitrogens is 3. The number of nitrogens with one attached hydrogen (secondary N) is 1. The summed E-state index contributed by atoms with van der Waals surface area (Å²) in [7, 11) is -5.59. The second kappa shape index (κ2) is 10.00. The van der Waals surface area contributed by atoms with Crippen LogP contribution in [0.1, 0.15) is 39.2 Å². The number of likely N-dealkylation sites (tertiary alicyclic amines) is 1. The van der Waals surface area contributed by atoms with Crippen LogP contribution in [0.4, 0.5) is 10.6 Å². The van der Waals surface area contributed by atoms with Crippen LogP contribution < -0.4 is 9.62 Å². The van der Waals surface area contributed by atoms with E-state index in [1.54, 1.807) is 51.1 Å². The average molecular weight is 591 g/mol. The molecule has 3 aromatic rings. The van der Waals surface area contributed by atoms with Crippen molar-refractivity contribution in [2.45, 2.75) is 68.4 Å². The predicted octanol–water partition coefficient (Wildman–Crippen LogP) is 2.48. The molecule has 1 saturated heterocycles. The molecule has 3 heterocycles. The molecule has 1 N–H and O–H groups in total. The van der Waals surface area contributed by atoms with Crippen LogP contribution in [0.5, 0.6) is 0 Å². The van der Waals surface area contributed by atoms with Crippen molar-refractivity contribution >= 4 is 43.0 Å². The van der Waals surface area contributed by atoms with Crippen molar-refractivity contribution in [1.29, 1.82) is 0 Å². The molecule has 0 unspecified atom stereocenters. The van der Waals surface area contributed by atoms with E-state index in [1.807, 2.05) is 18.9 Å². The van der Waals surface area contributed by atoms with Crippen LogP contribution in [0.3, 0.4) is 0 Å². The Morgan fingerprint density at radius 1 is 1.05 bits per heavy atom. The molecule has 1 amide bonds. The van der Waals surface area contributed by atoms with Gasteiger partial charge < -0.3 is 14.5 Å². The van der Waals surface area contributed by atoms with Crippen molar-refractivity contribution in [1.82, 2.24) is 23.6 Å². The van der Waals surface area contributed by atoms with Crippen LogP contribution >= 0.6 is 0 Å². The van der Waals surface area contributed by atoms with Gasteiger partial charge in [-0.25, -0.2) is 40.3 Å². The molecular weight excluding hydrogens is 556 g/mol. The largest absolute Gasteiger partial charge is 0.444 e. The lowest BCUT2D eigenvalue weighted by Crippen LogP contribution is -2.62. The zero-order valence-corrected chi connectivity index (χ0v) is 24.7. The molecule has 1 aliphatic heterocycles. The summed E-state index contributed by atoms with van der Waals surface area (Å²) in [5.74, 6) is 0.571. The highest BCUT2D eigenvalue weighted by Crippen LogP contribution is 2.33. The predicted molar refractivity (Wildman–Crippen MR) is 150 cm³/mol. The lowest BCUT2D eigenvalue weighted by Gasteiger charge is -2.44. The first-order valence-electron chi connectivity index (χ1n) is 13.0. The van der Waals surface area contributed by atoms with Crippen molar-refractivity contribution in [3.05, 3.63) is 48.4 Å². The van der Waals surface area contributed by atoms with Crippen molar-refractivity contribution in [3.63, 3.8) is 0 Å². The fraction of sp³-hybridized carbons (Fsp3) is 0.500. The standard InChI is InChI=1S/C26H34N6O6S2/c1-17-6-8-20(9-7-17)40(36,37)32-11-10-22-23(27-16-28-24(22)32)30(5)19-12-18(13-19)29-39(34,35)21-14-31(15-21)25(33)38-26(2,3)4/h6-11,16,18-19,21,29H,12-15H2,1-5H3/t18-,19+. The Hall–Kier alpha value is -3.23. The summed E-state index contributed by atoms with van der Waals surface area (Å²) in [6.45, 7) is 7.38. The first-order chi connectivity index (χ1) is 18.7. The summed E-state index contributed by atoms with van der Waals surface area (Å²) >= 11 is 0. The highest BCUT2D eigenvalue weighted by molar-refractivity contribution is 7.90. The lowest BCUT2D eigenvalue weighted by atomic mass is 9.86. The summed E-state index contributed by atoms with van der Waals surface area (Å²) in [5.41, 5.74) is 0.590. The number of fused-ring (bicyclic) bond motifs is 1. The number of amides is 1. The normalized spacial score (nSPS) is 20.2. The topological polar surface area (TPSA) is 144 Å². The fourth-order valence-corrected chi connectivity index (χ4v) is 7.73. The molecule has 0 atom stereocenters. The minimum absolute atomic E-state index is 0.00232. The third-order valence-electron chi connectivity index (χ3n) is 7.27. The third-order valence-corrected chi connectivity index (χ3v) is 10.8. The van der Waals surface area contributed by atoms with Gasteiger partial charge in [0.1, 0.15) is 23.0 Å². The van der Waals surface area contributed by atoms with Crippen molar-refractivity contribution in [2.24, 2.45) is 0 Å². The van der Waals surface area contributed by atoms with E-state index < -0.39 is 37.0 Å². The van der Waals surface area contributed by atoms with Gasteiger partial charge in [-0.05, 0) is 58.7 Å². The van der Waals surface area contributed by atoms with E-state index in [0.717, 1.165) is 9.54 Å². The molecule has 5 rings (SSSR count). The van der Waals surface area contributed by atoms with Crippen LogP contribution in [-0.2, 0) is 24.8 Å². The number of aryl methyl sites for hydroxylation is 1. The zero-order chi connectivity index (χ0) is 29.0. The molecule has 2 aromatic heterocycles. The highest BCUT2D eigenvalue weighted by Gasteiger charge is 2.44. The summed E-state index contributed by atoms with van der Waals surface area (Å²) in [5, 5.41) is -0.0880. The van der Waals surface area contributed by atoms with Gasteiger partial charge in [0.2, 0.25) is 10.0 Å². The number of hydrogen-bond acceptors (Lipinski definition) is 9. The average Bonchev–Trinajstić information content (AvgIpc) is 3.24. The molecule has 0 radical (unpaired) electrons. The maximum atomic E-state index is 13.3.